The van der Waals surface area contributed by atoms with Crippen LogP contribution in [0.4, 0.5) is 10.5 Å². The van der Waals surface area contributed by atoms with E-state index in [4.69, 9.17) is 4.74 Å². The van der Waals surface area contributed by atoms with Crippen molar-refractivity contribution in [3.63, 3.8) is 0 Å². The second-order valence-corrected chi connectivity index (χ2v) is 7.04. The van der Waals surface area contributed by atoms with Gasteiger partial charge in [0.2, 0.25) is 5.56 Å². The SMILES string of the molecule is O=C(Nc1cc(=O)[nH]c2ccccc12)OCC1c2ccccc2-c2ccccc21. The minimum absolute atomic E-state index is 0.0101. The lowest BCUT2D eigenvalue weighted by atomic mass is 9.98. The molecule has 0 saturated carbocycles. The topological polar surface area (TPSA) is 71.2 Å². The van der Waals surface area contributed by atoms with Crippen molar-refractivity contribution in [2.75, 3.05) is 11.9 Å². The average molecular weight is 382 g/mol. The molecule has 1 aliphatic rings. The molecule has 2 N–H and O–H groups in total. The number of carbonyl (C=O) groups is 1. The number of amides is 1. The van der Waals surface area contributed by atoms with Gasteiger partial charge in [-0.05, 0) is 28.3 Å². The lowest BCUT2D eigenvalue weighted by Crippen LogP contribution is -2.19. The van der Waals surface area contributed by atoms with Crippen LogP contribution in [-0.4, -0.2) is 17.7 Å². The number of nitrogens with one attached hydrogen (secondary N) is 2. The molecule has 1 aromatic heterocycles. The zero-order chi connectivity index (χ0) is 19.8. The van der Waals surface area contributed by atoms with Crippen molar-refractivity contribution in [2.45, 2.75) is 5.92 Å². The minimum Gasteiger partial charge on any atom is -0.448 e. The second kappa shape index (κ2) is 6.95. The second-order valence-electron chi connectivity index (χ2n) is 7.04. The summed E-state index contributed by atoms with van der Waals surface area (Å²) in [5.41, 5.74) is 5.48. The normalized spacial score (nSPS) is 12.4. The van der Waals surface area contributed by atoms with E-state index in [1.54, 1.807) is 6.07 Å². The molecule has 29 heavy (non-hydrogen) atoms. The van der Waals surface area contributed by atoms with E-state index in [0.29, 0.717) is 11.2 Å². The molecule has 0 saturated heterocycles. The summed E-state index contributed by atoms with van der Waals surface area (Å²) in [6.07, 6.45) is -0.581. The molecule has 1 amide bonds. The van der Waals surface area contributed by atoms with Gasteiger partial charge < -0.3 is 9.72 Å². The Morgan fingerprint density at radius 2 is 1.52 bits per heavy atom. The van der Waals surface area contributed by atoms with E-state index < -0.39 is 6.09 Å². The van der Waals surface area contributed by atoms with Crippen LogP contribution in [0.5, 0.6) is 0 Å². The Kier molecular flexibility index (Phi) is 4.13. The molecule has 5 nitrogen and oxygen atoms in total. The Morgan fingerprint density at radius 1 is 0.897 bits per heavy atom. The standard InChI is InChI=1S/C24H18N2O3/c27-23-13-22(19-11-5-6-12-21(19)25-23)26-24(28)29-14-20-17-9-3-1-7-15(17)16-8-2-4-10-18(16)20/h1-13,20H,14H2,(H2,25,26,27,28). The van der Waals surface area contributed by atoms with E-state index in [1.807, 2.05) is 42.5 Å². The van der Waals surface area contributed by atoms with Gasteiger partial charge in [0.1, 0.15) is 6.61 Å². The number of carbonyl (C=O) groups excluding carboxylic acids is 1. The number of para-hydroxylation sites is 1. The van der Waals surface area contributed by atoms with Crippen molar-refractivity contribution in [1.29, 1.82) is 0 Å². The third-order valence-electron chi connectivity index (χ3n) is 5.33. The van der Waals surface area contributed by atoms with Gasteiger partial charge in [0.05, 0.1) is 11.2 Å². The lowest BCUT2D eigenvalue weighted by Gasteiger charge is -2.15. The van der Waals surface area contributed by atoms with Crippen molar-refractivity contribution >= 4 is 22.7 Å². The molecule has 0 unspecified atom stereocenters. The predicted molar refractivity (Wildman–Crippen MR) is 113 cm³/mol. The summed E-state index contributed by atoms with van der Waals surface area (Å²) in [7, 11) is 0. The van der Waals surface area contributed by atoms with Crippen molar-refractivity contribution in [1.82, 2.24) is 4.98 Å². The van der Waals surface area contributed by atoms with Gasteiger partial charge in [-0.15, -0.1) is 0 Å². The fourth-order valence-electron chi connectivity index (χ4n) is 4.05. The van der Waals surface area contributed by atoms with Gasteiger partial charge in [0.15, 0.2) is 0 Å². The third-order valence-corrected chi connectivity index (χ3v) is 5.33. The summed E-state index contributed by atoms with van der Waals surface area (Å²) in [5.74, 6) is -0.0101. The molecule has 0 fully saturated rings. The van der Waals surface area contributed by atoms with Crippen molar-refractivity contribution < 1.29 is 9.53 Å². The predicted octanol–water partition coefficient (Wildman–Crippen LogP) is 4.89. The summed E-state index contributed by atoms with van der Waals surface area (Å²) >= 11 is 0. The summed E-state index contributed by atoms with van der Waals surface area (Å²) in [4.78, 5) is 27.1. The van der Waals surface area contributed by atoms with Gasteiger partial charge >= 0.3 is 6.09 Å². The Labute approximate surface area is 167 Å². The number of hydrogen-bond acceptors (Lipinski definition) is 3. The fourth-order valence-corrected chi connectivity index (χ4v) is 4.05. The first-order chi connectivity index (χ1) is 14.2. The molecule has 142 valence electrons. The largest absolute Gasteiger partial charge is 0.448 e. The zero-order valence-electron chi connectivity index (χ0n) is 15.5. The molecule has 4 aromatic rings. The highest BCUT2D eigenvalue weighted by molar-refractivity contribution is 5.98. The van der Waals surface area contributed by atoms with Crippen LogP contribution in [0, 0.1) is 0 Å². The maximum absolute atomic E-state index is 12.5. The van der Waals surface area contributed by atoms with Crippen LogP contribution in [0.15, 0.2) is 83.7 Å². The first kappa shape index (κ1) is 17.3. The molecule has 1 aliphatic carbocycles. The number of aromatic amines is 1. The van der Waals surface area contributed by atoms with Crippen molar-refractivity contribution in [3.8, 4) is 11.1 Å². The molecule has 3 aromatic carbocycles. The van der Waals surface area contributed by atoms with Crippen LogP contribution in [0.1, 0.15) is 17.0 Å². The molecule has 0 spiro atoms. The van der Waals surface area contributed by atoms with Crippen molar-refractivity contribution in [3.05, 3.63) is 100 Å². The third kappa shape index (κ3) is 3.06. The summed E-state index contributed by atoms with van der Waals surface area (Å²) in [5, 5.41) is 3.47. The van der Waals surface area contributed by atoms with E-state index in [1.165, 1.54) is 17.2 Å². The Balaban J connectivity index is 1.38. The molecule has 5 heteroatoms. The first-order valence-corrected chi connectivity index (χ1v) is 9.45. The van der Waals surface area contributed by atoms with Gasteiger partial charge in [0.25, 0.3) is 0 Å². The summed E-state index contributed by atoms with van der Waals surface area (Å²) in [6.45, 7) is 0.223. The summed E-state index contributed by atoms with van der Waals surface area (Å²) in [6, 6.07) is 25.0. The smallest absolute Gasteiger partial charge is 0.411 e. The monoisotopic (exact) mass is 382 g/mol. The lowest BCUT2D eigenvalue weighted by molar-refractivity contribution is 0.158. The maximum Gasteiger partial charge on any atom is 0.411 e. The number of pyridine rings is 1. The number of fused-ring (bicyclic) bond motifs is 4. The van der Waals surface area contributed by atoms with Crippen LogP contribution in [0.25, 0.3) is 22.0 Å². The molecule has 0 radical (unpaired) electrons. The van der Waals surface area contributed by atoms with Gasteiger partial charge in [-0.3, -0.25) is 10.1 Å². The van der Waals surface area contributed by atoms with Gasteiger partial charge in [-0.25, -0.2) is 4.79 Å². The molecule has 0 aliphatic heterocycles. The molecule has 5 rings (SSSR count). The minimum atomic E-state index is -0.581. The highest BCUT2D eigenvalue weighted by atomic mass is 16.5. The number of ether oxygens (including phenoxy) is 1. The van der Waals surface area contributed by atoms with E-state index >= 15 is 0 Å². The molecule has 0 atom stereocenters. The number of aromatic nitrogens is 1. The van der Waals surface area contributed by atoms with Crippen LogP contribution >= 0.6 is 0 Å². The Hall–Kier alpha value is -3.86. The molecule has 0 bridgehead atoms. The zero-order valence-corrected chi connectivity index (χ0v) is 15.5. The molecule has 1 heterocycles. The molecular weight excluding hydrogens is 364 g/mol. The number of benzene rings is 3. The quantitative estimate of drug-likeness (QED) is 0.530. The number of H-pyrrole nitrogens is 1. The highest BCUT2D eigenvalue weighted by Gasteiger charge is 2.29. The van der Waals surface area contributed by atoms with E-state index in [9.17, 15) is 9.59 Å². The Morgan fingerprint density at radius 3 is 2.24 bits per heavy atom. The van der Waals surface area contributed by atoms with Crippen LogP contribution in [0.3, 0.4) is 0 Å². The molecular formula is C24H18N2O3. The Bertz CT molecular complexity index is 1250. The van der Waals surface area contributed by atoms with Gasteiger partial charge in [-0.1, -0.05) is 66.7 Å². The number of rotatable bonds is 3. The first-order valence-electron chi connectivity index (χ1n) is 9.45. The van der Waals surface area contributed by atoms with E-state index in [0.717, 1.165) is 16.5 Å². The van der Waals surface area contributed by atoms with Crippen molar-refractivity contribution in [2.24, 2.45) is 0 Å². The van der Waals surface area contributed by atoms with Gasteiger partial charge in [-0.2, -0.15) is 0 Å². The van der Waals surface area contributed by atoms with E-state index in [2.05, 4.69) is 34.6 Å². The number of anilines is 1. The highest BCUT2D eigenvalue weighted by Crippen LogP contribution is 2.44. The number of hydrogen-bond donors (Lipinski definition) is 2. The average Bonchev–Trinajstić information content (AvgIpc) is 3.06. The van der Waals surface area contributed by atoms with E-state index in [-0.39, 0.29) is 18.1 Å². The van der Waals surface area contributed by atoms with Gasteiger partial charge in [0, 0.05) is 17.4 Å². The summed E-state index contributed by atoms with van der Waals surface area (Å²) < 4.78 is 5.57. The van der Waals surface area contributed by atoms with Crippen LogP contribution < -0.4 is 10.9 Å². The van der Waals surface area contributed by atoms with Crippen LogP contribution in [-0.2, 0) is 4.74 Å². The maximum atomic E-state index is 12.5. The fraction of sp³-hybridized carbons (Fsp3) is 0.0833. The van der Waals surface area contributed by atoms with Crippen LogP contribution in [0.2, 0.25) is 0 Å².